The molecule has 1 amide bonds. The first-order valence-electron chi connectivity index (χ1n) is 8.02. The van der Waals surface area contributed by atoms with Crippen molar-refractivity contribution in [2.24, 2.45) is 5.41 Å². The second-order valence-electron chi connectivity index (χ2n) is 6.51. The number of hydrogen-bond acceptors (Lipinski definition) is 2. The summed E-state index contributed by atoms with van der Waals surface area (Å²) in [7, 11) is 0. The summed E-state index contributed by atoms with van der Waals surface area (Å²) in [5.41, 5.74) is 2.84. The monoisotopic (exact) mass is 289 g/mol. The number of nitrogens with one attached hydrogen (secondary N) is 1. The van der Waals surface area contributed by atoms with E-state index in [0.29, 0.717) is 0 Å². The largest absolute Gasteiger partial charge is 0.493 e. The second-order valence-corrected chi connectivity index (χ2v) is 6.51. The van der Waals surface area contributed by atoms with Crippen LogP contribution in [0, 0.1) is 19.3 Å². The highest BCUT2D eigenvalue weighted by molar-refractivity contribution is 5.95. The average Bonchev–Trinajstić information content (AvgIpc) is 2.86. The van der Waals surface area contributed by atoms with Crippen LogP contribution in [-0.4, -0.2) is 12.5 Å². The number of anilines is 1. The van der Waals surface area contributed by atoms with Crippen molar-refractivity contribution >= 4 is 11.6 Å². The molecule has 1 aromatic rings. The number of aryl methyl sites for hydroxylation is 2. The Bertz CT molecular complexity index is 493. The lowest BCUT2D eigenvalue weighted by Gasteiger charge is -2.23. The lowest BCUT2D eigenvalue weighted by Crippen LogP contribution is -2.30. The van der Waals surface area contributed by atoms with Gasteiger partial charge in [0.2, 0.25) is 5.91 Å². The van der Waals surface area contributed by atoms with Gasteiger partial charge in [-0.15, -0.1) is 0 Å². The predicted molar refractivity (Wildman–Crippen MR) is 86.9 cm³/mol. The minimum Gasteiger partial charge on any atom is -0.493 e. The van der Waals surface area contributed by atoms with Crippen LogP contribution >= 0.6 is 0 Å². The van der Waals surface area contributed by atoms with Gasteiger partial charge < -0.3 is 10.1 Å². The van der Waals surface area contributed by atoms with E-state index in [1.54, 1.807) is 0 Å². The topological polar surface area (TPSA) is 38.3 Å². The molecule has 1 aliphatic rings. The van der Waals surface area contributed by atoms with Gasteiger partial charge in [0.15, 0.2) is 0 Å². The van der Waals surface area contributed by atoms with Gasteiger partial charge in [-0.1, -0.05) is 26.7 Å². The highest BCUT2D eigenvalue weighted by atomic mass is 16.5. The van der Waals surface area contributed by atoms with Gasteiger partial charge in [-0.05, 0) is 56.4 Å². The molecule has 3 heteroatoms. The van der Waals surface area contributed by atoms with Crippen molar-refractivity contribution in [3.05, 3.63) is 23.3 Å². The molecule has 0 bridgehead atoms. The maximum absolute atomic E-state index is 12.5. The fourth-order valence-electron chi connectivity index (χ4n) is 3.12. The van der Waals surface area contributed by atoms with Gasteiger partial charge in [-0.2, -0.15) is 0 Å². The Morgan fingerprint density at radius 1 is 1.24 bits per heavy atom. The molecule has 0 radical (unpaired) electrons. The third-order valence-electron chi connectivity index (χ3n) is 4.42. The molecule has 116 valence electrons. The highest BCUT2D eigenvalue weighted by Crippen LogP contribution is 2.38. The third-order valence-corrected chi connectivity index (χ3v) is 4.42. The van der Waals surface area contributed by atoms with E-state index in [1.165, 1.54) is 0 Å². The van der Waals surface area contributed by atoms with Gasteiger partial charge in [0.05, 0.1) is 6.61 Å². The fraction of sp³-hybridized carbons (Fsp3) is 0.611. The molecule has 0 unspecified atom stereocenters. The van der Waals surface area contributed by atoms with E-state index in [4.69, 9.17) is 4.74 Å². The van der Waals surface area contributed by atoms with E-state index in [2.05, 4.69) is 19.2 Å². The summed E-state index contributed by atoms with van der Waals surface area (Å²) >= 11 is 0. The summed E-state index contributed by atoms with van der Waals surface area (Å²) in [6.45, 7) is 8.97. The first kappa shape index (κ1) is 15.9. The van der Waals surface area contributed by atoms with Crippen LogP contribution in [-0.2, 0) is 4.79 Å². The maximum atomic E-state index is 12.5. The number of ether oxygens (including phenoxy) is 1. The van der Waals surface area contributed by atoms with Crippen LogP contribution in [0.15, 0.2) is 12.1 Å². The summed E-state index contributed by atoms with van der Waals surface area (Å²) < 4.78 is 5.78. The van der Waals surface area contributed by atoms with E-state index in [0.717, 1.165) is 61.3 Å². The number of rotatable bonds is 5. The summed E-state index contributed by atoms with van der Waals surface area (Å²) in [5, 5.41) is 3.09. The van der Waals surface area contributed by atoms with E-state index in [1.807, 2.05) is 26.0 Å². The third kappa shape index (κ3) is 3.58. The van der Waals surface area contributed by atoms with Crippen LogP contribution in [0.5, 0.6) is 5.75 Å². The van der Waals surface area contributed by atoms with Crippen LogP contribution in [0.4, 0.5) is 5.69 Å². The molecule has 1 aliphatic carbocycles. The Hall–Kier alpha value is -1.51. The van der Waals surface area contributed by atoms with Gasteiger partial charge in [0.1, 0.15) is 5.75 Å². The molecule has 3 nitrogen and oxygen atoms in total. The molecule has 0 aliphatic heterocycles. The summed E-state index contributed by atoms with van der Waals surface area (Å²) in [5.74, 6) is 1.10. The van der Waals surface area contributed by atoms with Crippen molar-refractivity contribution in [3.8, 4) is 5.75 Å². The van der Waals surface area contributed by atoms with E-state index in [-0.39, 0.29) is 11.3 Å². The lowest BCUT2D eigenvalue weighted by molar-refractivity contribution is -0.124. The van der Waals surface area contributed by atoms with Crippen molar-refractivity contribution in [3.63, 3.8) is 0 Å². The zero-order valence-electron chi connectivity index (χ0n) is 13.7. The summed E-state index contributed by atoms with van der Waals surface area (Å²) in [6, 6.07) is 4.02. The molecule has 0 spiro atoms. The molecule has 1 N–H and O–H groups in total. The molecule has 21 heavy (non-hydrogen) atoms. The number of carbonyl (C=O) groups excluding carboxylic acids is 1. The number of carbonyl (C=O) groups is 1. The molecule has 1 saturated carbocycles. The van der Waals surface area contributed by atoms with Crippen molar-refractivity contribution in [1.29, 1.82) is 0 Å². The zero-order valence-corrected chi connectivity index (χ0v) is 13.7. The fourth-order valence-corrected chi connectivity index (χ4v) is 3.12. The Kier molecular flexibility index (Phi) is 4.92. The molecule has 0 aromatic heterocycles. The Morgan fingerprint density at radius 2 is 1.81 bits per heavy atom. The Balaban J connectivity index is 2.12. The van der Waals surface area contributed by atoms with Crippen LogP contribution in [0.3, 0.4) is 0 Å². The van der Waals surface area contributed by atoms with Crippen LogP contribution in [0.1, 0.15) is 57.1 Å². The van der Waals surface area contributed by atoms with E-state index < -0.39 is 0 Å². The second kappa shape index (κ2) is 6.50. The normalized spacial score (nSPS) is 16.8. The van der Waals surface area contributed by atoms with Gasteiger partial charge in [0, 0.05) is 11.1 Å². The van der Waals surface area contributed by atoms with Crippen molar-refractivity contribution < 1.29 is 9.53 Å². The van der Waals surface area contributed by atoms with Crippen LogP contribution in [0.25, 0.3) is 0 Å². The molecular weight excluding hydrogens is 262 g/mol. The van der Waals surface area contributed by atoms with Crippen molar-refractivity contribution in [2.45, 2.75) is 59.8 Å². The minimum absolute atomic E-state index is 0.154. The van der Waals surface area contributed by atoms with E-state index in [9.17, 15) is 4.79 Å². The highest BCUT2D eigenvalue weighted by Gasteiger charge is 2.36. The molecule has 0 saturated heterocycles. The molecule has 1 fully saturated rings. The SMILES string of the molecule is CCCOc1c(C)cc(NC(=O)C2(C)CCCC2)cc1C. The smallest absolute Gasteiger partial charge is 0.230 e. The lowest BCUT2D eigenvalue weighted by atomic mass is 9.87. The quantitative estimate of drug-likeness (QED) is 0.859. The zero-order chi connectivity index (χ0) is 15.5. The standard InChI is InChI=1S/C18H27NO2/c1-5-10-21-16-13(2)11-15(12-14(16)3)19-17(20)18(4)8-6-7-9-18/h11-12H,5-10H2,1-4H3,(H,19,20). The summed E-state index contributed by atoms with van der Waals surface area (Å²) in [4.78, 5) is 12.5. The number of benzene rings is 1. The van der Waals surface area contributed by atoms with Gasteiger partial charge in [-0.25, -0.2) is 0 Å². The van der Waals surface area contributed by atoms with E-state index >= 15 is 0 Å². The van der Waals surface area contributed by atoms with Crippen molar-refractivity contribution in [2.75, 3.05) is 11.9 Å². The predicted octanol–water partition coefficient (Wildman–Crippen LogP) is 4.61. The number of hydrogen-bond donors (Lipinski definition) is 1. The van der Waals surface area contributed by atoms with Crippen LogP contribution < -0.4 is 10.1 Å². The molecule has 1 aromatic carbocycles. The van der Waals surface area contributed by atoms with Crippen molar-refractivity contribution in [1.82, 2.24) is 0 Å². The Labute approximate surface area is 128 Å². The molecular formula is C18H27NO2. The molecule has 0 atom stereocenters. The number of amides is 1. The summed E-state index contributed by atoms with van der Waals surface area (Å²) in [6.07, 6.45) is 5.30. The first-order valence-corrected chi connectivity index (χ1v) is 8.02. The molecule has 0 heterocycles. The van der Waals surface area contributed by atoms with Crippen LogP contribution in [0.2, 0.25) is 0 Å². The maximum Gasteiger partial charge on any atom is 0.230 e. The van der Waals surface area contributed by atoms with Gasteiger partial charge >= 0.3 is 0 Å². The minimum atomic E-state index is -0.195. The Morgan fingerprint density at radius 3 is 2.33 bits per heavy atom. The average molecular weight is 289 g/mol. The first-order chi connectivity index (χ1) is 9.96. The van der Waals surface area contributed by atoms with Gasteiger partial charge in [0.25, 0.3) is 0 Å². The molecule has 2 rings (SSSR count). The van der Waals surface area contributed by atoms with Gasteiger partial charge in [-0.3, -0.25) is 4.79 Å².